The smallest absolute Gasteiger partial charge is 0.252 e. The van der Waals surface area contributed by atoms with Gasteiger partial charge in [-0.15, -0.1) is 11.3 Å². The highest BCUT2D eigenvalue weighted by molar-refractivity contribution is 7.18. The van der Waals surface area contributed by atoms with Crippen molar-refractivity contribution in [3.8, 4) is 0 Å². The molecule has 1 saturated carbocycles. The number of anilines is 1. The predicted octanol–water partition coefficient (Wildman–Crippen LogP) is 1.71. The number of nitrogens with two attached hydrogens (primary N) is 1. The number of ketones is 1. The fourth-order valence-corrected chi connectivity index (χ4v) is 3.60. The van der Waals surface area contributed by atoms with Crippen LogP contribution in [0.5, 0.6) is 0 Å². The second-order valence-corrected chi connectivity index (χ2v) is 6.04. The van der Waals surface area contributed by atoms with Gasteiger partial charge in [0.15, 0.2) is 5.78 Å². The van der Waals surface area contributed by atoms with Crippen LogP contribution in [0.4, 0.5) is 5.00 Å². The van der Waals surface area contributed by atoms with E-state index in [1.54, 1.807) is 0 Å². The summed E-state index contributed by atoms with van der Waals surface area (Å²) in [4.78, 5) is 35.8. The number of rotatable bonds is 3. The number of carbonyl (C=O) groups is 3. The fraction of sp³-hybridized carbons (Fsp3) is 0.462. The highest BCUT2D eigenvalue weighted by atomic mass is 32.1. The molecule has 2 amide bonds. The molecule has 5 nitrogen and oxygen atoms in total. The third kappa shape index (κ3) is 2.16. The van der Waals surface area contributed by atoms with Crippen LogP contribution >= 0.6 is 11.3 Å². The molecular formula is C13H14N2O3S. The van der Waals surface area contributed by atoms with Crippen molar-refractivity contribution in [1.29, 1.82) is 0 Å². The number of nitrogens with one attached hydrogen (secondary N) is 1. The SMILES string of the molecule is NC(=O)c1c(NC(=O)C2CC2)sc2c1CCCC2=O. The number of hydrogen-bond acceptors (Lipinski definition) is 4. The monoisotopic (exact) mass is 278 g/mol. The number of thiophene rings is 1. The van der Waals surface area contributed by atoms with Gasteiger partial charge in [0, 0.05) is 12.3 Å². The first-order chi connectivity index (χ1) is 9.08. The zero-order valence-electron chi connectivity index (χ0n) is 10.3. The largest absolute Gasteiger partial charge is 0.365 e. The Kier molecular flexibility index (Phi) is 2.89. The average Bonchev–Trinajstić information content (AvgIpc) is 3.12. The van der Waals surface area contributed by atoms with Crippen LogP contribution in [-0.2, 0) is 11.2 Å². The Labute approximate surface area is 114 Å². The molecule has 0 aliphatic heterocycles. The number of hydrogen-bond donors (Lipinski definition) is 2. The lowest BCUT2D eigenvalue weighted by atomic mass is 9.94. The molecule has 6 heteroatoms. The normalized spacial score (nSPS) is 18.0. The van der Waals surface area contributed by atoms with Crippen molar-refractivity contribution in [3.05, 3.63) is 16.0 Å². The van der Waals surface area contributed by atoms with Gasteiger partial charge in [0.25, 0.3) is 5.91 Å². The van der Waals surface area contributed by atoms with Gasteiger partial charge in [-0.3, -0.25) is 14.4 Å². The van der Waals surface area contributed by atoms with Crippen molar-refractivity contribution in [1.82, 2.24) is 0 Å². The lowest BCUT2D eigenvalue weighted by Crippen LogP contribution is -2.19. The van der Waals surface area contributed by atoms with Crippen molar-refractivity contribution in [2.24, 2.45) is 11.7 Å². The molecule has 1 fully saturated rings. The molecule has 0 saturated heterocycles. The molecule has 0 bridgehead atoms. The number of fused-ring (bicyclic) bond motifs is 1. The minimum absolute atomic E-state index is 0.0423. The van der Waals surface area contributed by atoms with Gasteiger partial charge in [0.05, 0.1) is 10.4 Å². The molecule has 2 aliphatic carbocycles. The van der Waals surface area contributed by atoms with E-state index >= 15 is 0 Å². The first kappa shape index (κ1) is 12.3. The third-order valence-corrected chi connectivity index (χ3v) is 4.71. The molecule has 1 aromatic rings. The van der Waals surface area contributed by atoms with Crippen LogP contribution in [0.15, 0.2) is 0 Å². The maximum absolute atomic E-state index is 11.9. The molecule has 0 spiro atoms. The average molecular weight is 278 g/mol. The lowest BCUT2D eigenvalue weighted by Gasteiger charge is -2.10. The minimum atomic E-state index is -0.571. The van der Waals surface area contributed by atoms with Crippen LogP contribution < -0.4 is 11.1 Å². The van der Waals surface area contributed by atoms with E-state index in [1.165, 1.54) is 11.3 Å². The van der Waals surface area contributed by atoms with E-state index < -0.39 is 5.91 Å². The molecular weight excluding hydrogens is 264 g/mol. The number of amides is 2. The topological polar surface area (TPSA) is 89.3 Å². The molecule has 0 aromatic carbocycles. The van der Waals surface area contributed by atoms with Gasteiger partial charge >= 0.3 is 0 Å². The Bertz CT molecular complexity index is 587. The van der Waals surface area contributed by atoms with Crippen molar-refractivity contribution >= 4 is 33.9 Å². The standard InChI is InChI=1S/C13H14N2O3S/c14-11(17)9-7-2-1-3-8(16)10(7)19-13(9)15-12(18)6-4-5-6/h6H,1-5H2,(H2,14,17)(H,15,18). The van der Waals surface area contributed by atoms with E-state index in [0.717, 1.165) is 24.8 Å². The van der Waals surface area contributed by atoms with Gasteiger partial charge in [-0.2, -0.15) is 0 Å². The van der Waals surface area contributed by atoms with Crippen LogP contribution in [0.25, 0.3) is 0 Å². The van der Waals surface area contributed by atoms with E-state index in [9.17, 15) is 14.4 Å². The molecule has 0 atom stereocenters. The van der Waals surface area contributed by atoms with Crippen LogP contribution in [0.2, 0.25) is 0 Å². The first-order valence-corrected chi connectivity index (χ1v) is 7.19. The van der Waals surface area contributed by atoms with Gasteiger partial charge in [-0.25, -0.2) is 0 Å². The predicted molar refractivity (Wildman–Crippen MR) is 71.5 cm³/mol. The molecule has 19 heavy (non-hydrogen) atoms. The second-order valence-electron chi connectivity index (χ2n) is 5.02. The Morgan fingerprint density at radius 2 is 2.00 bits per heavy atom. The van der Waals surface area contributed by atoms with E-state index in [1.807, 2.05) is 0 Å². The minimum Gasteiger partial charge on any atom is -0.365 e. The molecule has 2 aliphatic rings. The summed E-state index contributed by atoms with van der Waals surface area (Å²) in [5.41, 5.74) is 6.46. The highest BCUT2D eigenvalue weighted by Crippen LogP contribution is 2.39. The van der Waals surface area contributed by atoms with E-state index in [4.69, 9.17) is 5.73 Å². The molecule has 0 unspecified atom stereocenters. The number of primary amides is 1. The third-order valence-electron chi connectivity index (χ3n) is 3.52. The van der Waals surface area contributed by atoms with E-state index in [-0.39, 0.29) is 17.6 Å². The van der Waals surface area contributed by atoms with E-state index in [0.29, 0.717) is 28.3 Å². The van der Waals surface area contributed by atoms with Crippen LogP contribution in [0, 0.1) is 5.92 Å². The van der Waals surface area contributed by atoms with Gasteiger partial charge in [0.2, 0.25) is 5.91 Å². The quantitative estimate of drug-likeness (QED) is 0.882. The van der Waals surface area contributed by atoms with Gasteiger partial charge < -0.3 is 11.1 Å². The summed E-state index contributed by atoms with van der Waals surface area (Å²) in [6.07, 6.45) is 3.69. The van der Waals surface area contributed by atoms with Crippen LogP contribution in [0.3, 0.4) is 0 Å². The summed E-state index contributed by atoms with van der Waals surface area (Å²) < 4.78 is 0. The summed E-state index contributed by atoms with van der Waals surface area (Å²) in [7, 11) is 0. The Balaban J connectivity index is 2.00. The van der Waals surface area contributed by atoms with Crippen LogP contribution in [-0.4, -0.2) is 17.6 Å². The summed E-state index contributed by atoms with van der Waals surface area (Å²) in [5.74, 6) is -0.553. The van der Waals surface area contributed by atoms with Crippen molar-refractivity contribution < 1.29 is 14.4 Å². The van der Waals surface area contributed by atoms with Crippen LogP contribution in [0.1, 0.15) is 51.3 Å². The zero-order valence-corrected chi connectivity index (χ0v) is 11.1. The summed E-state index contributed by atoms with van der Waals surface area (Å²) in [6, 6.07) is 0. The van der Waals surface area contributed by atoms with Gasteiger partial charge in [-0.05, 0) is 31.2 Å². The fourth-order valence-electron chi connectivity index (χ4n) is 2.38. The highest BCUT2D eigenvalue weighted by Gasteiger charge is 2.33. The Morgan fingerprint density at radius 1 is 1.26 bits per heavy atom. The van der Waals surface area contributed by atoms with Gasteiger partial charge in [-0.1, -0.05) is 0 Å². The molecule has 1 heterocycles. The maximum Gasteiger partial charge on any atom is 0.252 e. The number of carbonyl (C=O) groups excluding carboxylic acids is 3. The van der Waals surface area contributed by atoms with E-state index in [2.05, 4.69) is 5.32 Å². The molecule has 1 aromatic heterocycles. The van der Waals surface area contributed by atoms with Gasteiger partial charge in [0.1, 0.15) is 5.00 Å². The summed E-state index contributed by atoms with van der Waals surface area (Å²) in [6.45, 7) is 0. The number of Topliss-reactive ketones (excluding diaryl/α,β-unsaturated/α-hetero) is 1. The second kappa shape index (κ2) is 4.45. The van der Waals surface area contributed by atoms with Crippen molar-refractivity contribution in [2.75, 3.05) is 5.32 Å². The zero-order chi connectivity index (χ0) is 13.6. The first-order valence-electron chi connectivity index (χ1n) is 6.37. The Hall–Kier alpha value is -1.69. The lowest BCUT2D eigenvalue weighted by molar-refractivity contribution is -0.117. The summed E-state index contributed by atoms with van der Waals surface area (Å²) >= 11 is 1.19. The van der Waals surface area contributed by atoms with Crippen molar-refractivity contribution in [2.45, 2.75) is 32.1 Å². The summed E-state index contributed by atoms with van der Waals surface area (Å²) in [5, 5.41) is 3.21. The molecule has 100 valence electrons. The van der Waals surface area contributed by atoms with Crippen molar-refractivity contribution in [3.63, 3.8) is 0 Å². The molecule has 3 rings (SSSR count). The maximum atomic E-state index is 11.9. The molecule has 0 radical (unpaired) electrons. The Morgan fingerprint density at radius 3 is 2.63 bits per heavy atom. The molecule has 3 N–H and O–H groups in total.